The normalized spacial score (nSPS) is 16.1. The number of hydrogen-bond donors (Lipinski definition) is 1. The molecule has 28 heavy (non-hydrogen) atoms. The van der Waals surface area contributed by atoms with Crippen LogP contribution < -0.4 is 10.4 Å². The van der Waals surface area contributed by atoms with E-state index in [9.17, 15) is 9.90 Å². The maximum absolute atomic E-state index is 12.2. The first kappa shape index (κ1) is 22.6. The van der Waals surface area contributed by atoms with Crippen LogP contribution in [0.25, 0.3) is 0 Å². The monoisotopic (exact) mass is 389 g/mol. The third kappa shape index (κ3) is 6.14. The van der Waals surface area contributed by atoms with E-state index in [-0.39, 0.29) is 6.09 Å². The van der Waals surface area contributed by atoms with Gasteiger partial charge in [-0.15, -0.1) is 0 Å². The van der Waals surface area contributed by atoms with Crippen molar-refractivity contribution in [2.24, 2.45) is 0 Å². The summed E-state index contributed by atoms with van der Waals surface area (Å²) >= 11 is 0. The highest BCUT2D eigenvalue weighted by atomic mass is 16.6. The summed E-state index contributed by atoms with van der Waals surface area (Å²) < 4.78 is 11.3. The molecule has 1 aliphatic rings. The van der Waals surface area contributed by atoms with Gasteiger partial charge in [-0.3, -0.25) is 0 Å². The van der Waals surface area contributed by atoms with Crippen LogP contribution in [0.2, 0.25) is 0 Å². The molecule has 1 N–H and O–H groups in total. The van der Waals surface area contributed by atoms with Crippen LogP contribution >= 0.6 is 0 Å². The number of carbonyl (C=O) groups is 1. The van der Waals surface area contributed by atoms with Gasteiger partial charge in [0.1, 0.15) is 5.60 Å². The van der Waals surface area contributed by atoms with E-state index in [1.54, 1.807) is 26.2 Å². The average Bonchev–Trinajstić information content (AvgIpc) is 2.58. The molecule has 0 aromatic heterocycles. The molecule has 7 heteroatoms. The molecular formula is C21H34BN2O4. The fourth-order valence-corrected chi connectivity index (χ4v) is 2.63. The summed E-state index contributed by atoms with van der Waals surface area (Å²) in [7, 11) is 1.69. The lowest BCUT2D eigenvalue weighted by atomic mass is 9.82. The number of anilines is 1. The number of piperazine rings is 1. The van der Waals surface area contributed by atoms with E-state index in [2.05, 4.69) is 17.0 Å². The predicted octanol–water partition coefficient (Wildman–Crippen LogP) is 2.55. The standard InChI is InChI=1S/C21H34BN2O4/c1-19(2,3)27-18(25)24-13-11-23(12-14-24)17-10-8-9-16(15-17)22-28-21(6,7)20(4,5)26/h8-10,15,26H,11-14H2,1-7H3. The van der Waals surface area contributed by atoms with Gasteiger partial charge >= 0.3 is 13.6 Å². The highest BCUT2D eigenvalue weighted by Crippen LogP contribution is 2.24. The lowest BCUT2D eigenvalue weighted by Gasteiger charge is -2.38. The van der Waals surface area contributed by atoms with Gasteiger partial charge in [-0.25, -0.2) is 4.79 Å². The third-order valence-electron chi connectivity index (χ3n) is 5.13. The molecule has 155 valence electrons. The SMILES string of the molecule is CC(C)(C)OC(=O)N1CCN(c2cccc([B]OC(C)(C)C(C)(C)O)c2)CC1. The molecule has 0 saturated carbocycles. The van der Waals surface area contributed by atoms with E-state index in [1.165, 1.54) is 0 Å². The minimum absolute atomic E-state index is 0.253. The maximum atomic E-state index is 12.2. The molecule has 0 unspecified atom stereocenters. The van der Waals surface area contributed by atoms with Crippen LogP contribution in [0.5, 0.6) is 0 Å². The fraction of sp³-hybridized carbons (Fsp3) is 0.667. The quantitative estimate of drug-likeness (QED) is 0.785. The van der Waals surface area contributed by atoms with E-state index in [4.69, 9.17) is 9.39 Å². The molecule has 1 saturated heterocycles. The summed E-state index contributed by atoms with van der Waals surface area (Å²) in [6.45, 7) is 15.6. The van der Waals surface area contributed by atoms with E-state index in [0.717, 1.165) is 24.2 Å². The molecular weight excluding hydrogens is 355 g/mol. The summed E-state index contributed by atoms with van der Waals surface area (Å²) in [6.07, 6.45) is -0.253. The molecule has 1 aromatic rings. The van der Waals surface area contributed by atoms with Gasteiger partial charge in [-0.05, 0) is 60.6 Å². The van der Waals surface area contributed by atoms with E-state index in [0.29, 0.717) is 13.1 Å². The number of amides is 1. The van der Waals surface area contributed by atoms with Crippen molar-refractivity contribution in [3.63, 3.8) is 0 Å². The van der Waals surface area contributed by atoms with Crippen LogP contribution in [0.4, 0.5) is 10.5 Å². The Morgan fingerprint density at radius 3 is 2.18 bits per heavy atom. The Balaban J connectivity index is 1.94. The molecule has 1 radical (unpaired) electrons. The van der Waals surface area contributed by atoms with Crippen molar-refractivity contribution in [1.29, 1.82) is 0 Å². The first-order valence-electron chi connectivity index (χ1n) is 9.85. The van der Waals surface area contributed by atoms with Gasteiger partial charge in [0.15, 0.2) is 0 Å². The van der Waals surface area contributed by atoms with E-state index < -0.39 is 16.8 Å². The predicted molar refractivity (Wildman–Crippen MR) is 113 cm³/mol. The zero-order valence-corrected chi connectivity index (χ0v) is 18.3. The number of aliphatic hydroxyl groups is 1. The molecule has 1 amide bonds. The van der Waals surface area contributed by atoms with E-state index >= 15 is 0 Å². The highest BCUT2D eigenvalue weighted by molar-refractivity contribution is 6.47. The molecule has 2 rings (SSSR count). The molecule has 1 aliphatic heterocycles. The molecule has 0 atom stereocenters. The second-order valence-electron chi connectivity index (χ2n) is 9.35. The third-order valence-corrected chi connectivity index (χ3v) is 5.13. The number of nitrogens with zero attached hydrogens (tertiary/aromatic N) is 2. The van der Waals surface area contributed by atoms with E-state index in [1.807, 2.05) is 46.8 Å². The van der Waals surface area contributed by atoms with Gasteiger partial charge in [-0.2, -0.15) is 0 Å². The molecule has 0 spiro atoms. The summed E-state index contributed by atoms with van der Waals surface area (Å²) in [5.74, 6) is 0. The Hall–Kier alpha value is -1.73. The minimum Gasteiger partial charge on any atom is -0.444 e. The summed E-state index contributed by atoms with van der Waals surface area (Å²) in [5, 5.41) is 10.2. The van der Waals surface area contributed by atoms with Crippen LogP contribution in [0, 0.1) is 0 Å². The first-order chi connectivity index (χ1) is 12.8. The van der Waals surface area contributed by atoms with Crippen LogP contribution in [0.3, 0.4) is 0 Å². The Labute approximate surface area is 170 Å². The number of carbonyl (C=O) groups excluding carboxylic acids is 1. The lowest BCUT2D eigenvalue weighted by Crippen LogP contribution is -2.50. The van der Waals surface area contributed by atoms with Crippen molar-refractivity contribution < 1.29 is 19.3 Å². The molecule has 1 aromatic carbocycles. The van der Waals surface area contributed by atoms with Gasteiger partial charge in [0.25, 0.3) is 0 Å². The smallest absolute Gasteiger partial charge is 0.410 e. The van der Waals surface area contributed by atoms with Crippen LogP contribution in [-0.4, -0.2) is 66.6 Å². The van der Waals surface area contributed by atoms with Gasteiger partial charge in [-0.1, -0.05) is 17.6 Å². The van der Waals surface area contributed by atoms with Gasteiger partial charge < -0.3 is 24.3 Å². The van der Waals surface area contributed by atoms with Gasteiger partial charge in [0.2, 0.25) is 0 Å². The Kier molecular flexibility index (Phi) is 6.72. The van der Waals surface area contributed by atoms with Gasteiger partial charge in [0, 0.05) is 31.9 Å². The second kappa shape index (κ2) is 8.33. The molecule has 0 aliphatic carbocycles. The summed E-state index contributed by atoms with van der Waals surface area (Å²) in [4.78, 5) is 16.2. The summed E-state index contributed by atoms with van der Waals surface area (Å²) in [6, 6.07) is 8.08. The van der Waals surface area contributed by atoms with Crippen LogP contribution in [0.1, 0.15) is 48.5 Å². The first-order valence-corrected chi connectivity index (χ1v) is 9.85. The van der Waals surface area contributed by atoms with Gasteiger partial charge in [0.05, 0.1) is 11.2 Å². The second-order valence-corrected chi connectivity index (χ2v) is 9.35. The topological polar surface area (TPSA) is 62.2 Å². The van der Waals surface area contributed by atoms with Crippen LogP contribution in [-0.2, 0) is 9.39 Å². The minimum atomic E-state index is -0.959. The van der Waals surface area contributed by atoms with Crippen molar-refractivity contribution in [2.45, 2.75) is 65.3 Å². The Morgan fingerprint density at radius 2 is 1.64 bits per heavy atom. The number of hydrogen-bond acceptors (Lipinski definition) is 5. The summed E-state index contributed by atoms with van der Waals surface area (Å²) in [5.41, 5.74) is -0.122. The average molecular weight is 389 g/mol. The van der Waals surface area contributed by atoms with Crippen molar-refractivity contribution >= 4 is 24.7 Å². The van der Waals surface area contributed by atoms with Crippen LogP contribution in [0.15, 0.2) is 24.3 Å². The van der Waals surface area contributed by atoms with Crippen molar-refractivity contribution in [3.8, 4) is 0 Å². The largest absolute Gasteiger partial charge is 0.444 e. The maximum Gasteiger partial charge on any atom is 0.410 e. The molecule has 1 fully saturated rings. The molecule has 0 bridgehead atoms. The number of rotatable bonds is 5. The Bertz CT molecular complexity index is 672. The lowest BCUT2D eigenvalue weighted by molar-refractivity contribution is -0.0893. The highest BCUT2D eigenvalue weighted by Gasteiger charge is 2.35. The zero-order valence-electron chi connectivity index (χ0n) is 18.3. The molecule has 1 heterocycles. The van der Waals surface area contributed by atoms with Crippen molar-refractivity contribution in [1.82, 2.24) is 4.90 Å². The Morgan fingerprint density at radius 1 is 1.04 bits per heavy atom. The van der Waals surface area contributed by atoms with Crippen molar-refractivity contribution in [3.05, 3.63) is 24.3 Å². The molecule has 6 nitrogen and oxygen atoms in total. The number of ether oxygens (including phenoxy) is 1. The fourth-order valence-electron chi connectivity index (χ4n) is 2.63. The number of benzene rings is 1. The zero-order chi connectivity index (χ0) is 21.2. The van der Waals surface area contributed by atoms with Crippen molar-refractivity contribution in [2.75, 3.05) is 31.1 Å².